The zero-order chi connectivity index (χ0) is 21.0. The van der Waals surface area contributed by atoms with Crippen LogP contribution in [-0.4, -0.2) is 59.6 Å². The molecule has 3 heterocycles. The third-order valence-electron chi connectivity index (χ3n) is 6.34. The molecule has 1 aromatic carbocycles. The number of aliphatic hydroxyl groups excluding tert-OH is 1. The Morgan fingerprint density at radius 3 is 2.83 bits per heavy atom. The number of rotatable bonds is 4. The molecular weight excluding hydrogens is 390 g/mol. The number of aliphatic hydroxyl groups is 1. The Kier molecular flexibility index (Phi) is 4.71. The van der Waals surface area contributed by atoms with Gasteiger partial charge in [-0.15, -0.1) is 0 Å². The monoisotopic (exact) mass is 415 g/mol. The Morgan fingerprint density at radius 2 is 2.07 bits per heavy atom. The van der Waals surface area contributed by atoms with Crippen molar-refractivity contribution in [2.24, 2.45) is 0 Å². The summed E-state index contributed by atoms with van der Waals surface area (Å²) in [7, 11) is 0. The number of hydrogen-bond donors (Lipinski definition) is 1. The summed E-state index contributed by atoms with van der Waals surface area (Å²) in [5.41, 5.74) is 3.32. The van der Waals surface area contributed by atoms with Gasteiger partial charge >= 0.3 is 11.9 Å². The Morgan fingerprint density at radius 1 is 1.30 bits per heavy atom. The molecule has 8 heteroatoms. The fourth-order valence-electron chi connectivity index (χ4n) is 5.20. The van der Waals surface area contributed by atoms with Crippen molar-refractivity contribution in [3.63, 3.8) is 0 Å². The smallest absolute Gasteiger partial charge is 0.310 e. The van der Waals surface area contributed by atoms with Gasteiger partial charge in [0, 0.05) is 32.0 Å². The van der Waals surface area contributed by atoms with Gasteiger partial charge < -0.3 is 24.1 Å². The van der Waals surface area contributed by atoms with E-state index in [2.05, 4.69) is 4.90 Å². The number of carbonyl (C=O) groups is 2. The summed E-state index contributed by atoms with van der Waals surface area (Å²) in [6.45, 7) is 4.84. The molecule has 3 aliphatic heterocycles. The zero-order valence-corrected chi connectivity index (χ0v) is 17.0. The summed E-state index contributed by atoms with van der Waals surface area (Å²) >= 11 is 0. The van der Waals surface area contributed by atoms with E-state index in [1.54, 1.807) is 6.92 Å². The first kappa shape index (κ1) is 19.4. The zero-order valence-electron chi connectivity index (χ0n) is 17.0. The molecule has 1 aliphatic carbocycles. The van der Waals surface area contributed by atoms with E-state index in [0.29, 0.717) is 5.75 Å². The van der Waals surface area contributed by atoms with Crippen LogP contribution < -0.4 is 9.47 Å². The predicted octanol–water partition coefficient (Wildman–Crippen LogP) is 1.64. The molecule has 0 bridgehead atoms. The highest BCUT2D eigenvalue weighted by Crippen LogP contribution is 2.50. The molecule has 5 unspecified atom stereocenters. The number of ether oxygens (including phenoxy) is 4. The highest BCUT2D eigenvalue weighted by Gasteiger charge is 2.50. The molecule has 0 radical (unpaired) electrons. The van der Waals surface area contributed by atoms with Crippen LogP contribution in [0.1, 0.15) is 43.7 Å². The molecule has 30 heavy (non-hydrogen) atoms. The van der Waals surface area contributed by atoms with Crippen LogP contribution in [0.2, 0.25) is 0 Å². The average molecular weight is 415 g/mol. The van der Waals surface area contributed by atoms with Crippen molar-refractivity contribution in [1.82, 2.24) is 4.90 Å². The maximum Gasteiger partial charge on any atom is 0.310 e. The van der Waals surface area contributed by atoms with Gasteiger partial charge in [0.1, 0.15) is 18.3 Å². The third kappa shape index (κ3) is 3.24. The molecule has 0 saturated carbocycles. The van der Waals surface area contributed by atoms with Crippen molar-refractivity contribution in [3.05, 3.63) is 34.9 Å². The van der Waals surface area contributed by atoms with Crippen LogP contribution >= 0.6 is 0 Å². The lowest BCUT2D eigenvalue weighted by Gasteiger charge is -2.45. The molecule has 0 aromatic heterocycles. The first-order chi connectivity index (χ1) is 14.4. The van der Waals surface area contributed by atoms with Crippen LogP contribution in [0.25, 0.3) is 0 Å². The van der Waals surface area contributed by atoms with Crippen molar-refractivity contribution in [3.8, 4) is 11.5 Å². The van der Waals surface area contributed by atoms with Crippen LogP contribution in [0.3, 0.4) is 0 Å². The van der Waals surface area contributed by atoms with Gasteiger partial charge in [0.15, 0.2) is 11.5 Å². The van der Waals surface area contributed by atoms with Crippen LogP contribution in [-0.2, 0) is 25.6 Å². The molecule has 160 valence electrons. The van der Waals surface area contributed by atoms with Gasteiger partial charge in [0.25, 0.3) is 0 Å². The Labute approximate surface area is 174 Å². The molecule has 0 amide bonds. The highest BCUT2D eigenvalue weighted by atomic mass is 16.7. The van der Waals surface area contributed by atoms with Crippen molar-refractivity contribution in [1.29, 1.82) is 0 Å². The van der Waals surface area contributed by atoms with E-state index in [0.717, 1.165) is 36.4 Å². The van der Waals surface area contributed by atoms with E-state index >= 15 is 0 Å². The maximum absolute atomic E-state index is 12.4. The second-order valence-corrected chi connectivity index (χ2v) is 8.41. The number of benzene rings is 1. The number of nitrogens with zero attached hydrogens (tertiary/aromatic N) is 1. The second kappa shape index (κ2) is 7.28. The predicted molar refractivity (Wildman–Crippen MR) is 104 cm³/mol. The lowest BCUT2D eigenvalue weighted by atomic mass is 9.73. The molecule has 5 atom stereocenters. The van der Waals surface area contributed by atoms with Gasteiger partial charge in [-0.3, -0.25) is 14.5 Å². The molecule has 1 aromatic rings. The minimum atomic E-state index is -0.883. The van der Waals surface area contributed by atoms with E-state index in [4.69, 9.17) is 18.9 Å². The Hall–Kier alpha value is -2.58. The second-order valence-electron chi connectivity index (χ2n) is 8.41. The van der Waals surface area contributed by atoms with Crippen molar-refractivity contribution in [2.75, 3.05) is 13.3 Å². The third-order valence-corrected chi connectivity index (χ3v) is 6.34. The van der Waals surface area contributed by atoms with Crippen LogP contribution in [0, 0.1) is 0 Å². The molecule has 1 fully saturated rings. The number of hydrogen-bond acceptors (Lipinski definition) is 8. The topological polar surface area (TPSA) is 94.5 Å². The summed E-state index contributed by atoms with van der Waals surface area (Å²) in [5.74, 6) is 0.262. The number of carbonyl (C=O) groups excluding carboxylic acids is 2. The normalized spacial score (nSPS) is 29.5. The Bertz CT molecular complexity index is 926. The molecule has 0 spiro atoms. The van der Waals surface area contributed by atoms with Gasteiger partial charge in [0.05, 0.1) is 6.42 Å². The minimum Gasteiger partial charge on any atom is -0.462 e. The van der Waals surface area contributed by atoms with E-state index in [1.807, 2.05) is 18.2 Å². The fraction of sp³-hybridized carbons (Fsp3) is 0.545. The van der Waals surface area contributed by atoms with Crippen molar-refractivity contribution < 1.29 is 33.6 Å². The standard InChI is InChI=1S/C22H25NO7/c1-11(29-12(2)24)5-19(25)30-18-6-13-3-4-23-9-14-7-16-17(28-10-27-16)8-15(14)20(21(13)23)22(18)26/h6-8,11,18,20-22,26H,3-5,9-10H2,1-2H3. The molecule has 1 saturated heterocycles. The van der Waals surface area contributed by atoms with Crippen molar-refractivity contribution >= 4 is 11.9 Å². The van der Waals surface area contributed by atoms with Gasteiger partial charge in [-0.2, -0.15) is 0 Å². The lowest BCUT2D eigenvalue weighted by molar-refractivity contribution is -0.159. The first-order valence-corrected chi connectivity index (χ1v) is 10.3. The molecule has 4 aliphatic rings. The molecular formula is C22H25NO7. The summed E-state index contributed by atoms with van der Waals surface area (Å²) in [6, 6.07) is 4.06. The van der Waals surface area contributed by atoms with Crippen molar-refractivity contribution in [2.45, 2.75) is 63.5 Å². The van der Waals surface area contributed by atoms with E-state index in [-0.39, 0.29) is 25.2 Å². The Balaban J connectivity index is 1.41. The minimum absolute atomic E-state index is 0.0541. The summed E-state index contributed by atoms with van der Waals surface area (Å²) < 4.78 is 21.7. The van der Waals surface area contributed by atoms with Gasteiger partial charge in [0.2, 0.25) is 6.79 Å². The highest BCUT2D eigenvalue weighted by molar-refractivity contribution is 5.72. The number of fused-ring (bicyclic) bond motifs is 3. The lowest BCUT2D eigenvalue weighted by Crippen LogP contribution is -2.51. The van der Waals surface area contributed by atoms with E-state index in [9.17, 15) is 14.7 Å². The molecule has 5 rings (SSSR count). The SMILES string of the molecule is CC(=O)OC(C)CC(=O)OC1C=C2CCN3Cc4cc5c(cc4C(C1O)C23)OCO5. The van der Waals surface area contributed by atoms with Gasteiger partial charge in [-0.1, -0.05) is 5.57 Å². The average Bonchev–Trinajstić information content (AvgIpc) is 3.29. The largest absolute Gasteiger partial charge is 0.462 e. The quantitative estimate of drug-likeness (QED) is 0.586. The summed E-state index contributed by atoms with van der Waals surface area (Å²) in [5, 5.41) is 11.2. The molecule has 8 nitrogen and oxygen atoms in total. The van der Waals surface area contributed by atoms with Gasteiger partial charge in [-0.25, -0.2) is 0 Å². The van der Waals surface area contributed by atoms with Crippen LogP contribution in [0.15, 0.2) is 23.8 Å². The fourth-order valence-corrected chi connectivity index (χ4v) is 5.20. The molecule has 1 N–H and O–H groups in total. The van der Waals surface area contributed by atoms with Crippen LogP contribution in [0.4, 0.5) is 0 Å². The first-order valence-electron chi connectivity index (χ1n) is 10.3. The van der Waals surface area contributed by atoms with Gasteiger partial charge in [-0.05, 0) is 42.7 Å². The van der Waals surface area contributed by atoms with E-state index in [1.165, 1.54) is 12.5 Å². The summed E-state index contributed by atoms with van der Waals surface area (Å²) in [6.07, 6.45) is 0.529. The van der Waals surface area contributed by atoms with E-state index < -0.39 is 30.3 Å². The number of esters is 2. The summed E-state index contributed by atoms with van der Waals surface area (Å²) in [4.78, 5) is 25.8. The maximum atomic E-state index is 12.4. The van der Waals surface area contributed by atoms with Crippen LogP contribution in [0.5, 0.6) is 11.5 Å².